The van der Waals surface area contributed by atoms with Crippen LogP contribution in [0.4, 0.5) is 0 Å². The number of amides is 2. The third-order valence-corrected chi connectivity index (χ3v) is 3.87. The molecule has 1 unspecified atom stereocenters. The standard InChI is InChI=1S/C16H23N3O2/c1-3-14-15(20)18-10-11-19(14)16(21)13-7-5-4-6-12(13)8-9-17-2/h4-7,14,17H,3,8-11H2,1-2H3,(H,18,20). The number of hydrogen-bond acceptors (Lipinski definition) is 3. The fourth-order valence-corrected chi connectivity index (χ4v) is 2.72. The van der Waals surface area contributed by atoms with Crippen molar-refractivity contribution < 1.29 is 9.59 Å². The molecule has 21 heavy (non-hydrogen) atoms. The van der Waals surface area contributed by atoms with E-state index in [1.54, 1.807) is 4.90 Å². The van der Waals surface area contributed by atoms with Gasteiger partial charge in [0.1, 0.15) is 6.04 Å². The van der Waals surface area contributed by atoms with Gasteiger partial charge in [-0.15, -0.1) is 0 Å². The Morgan fingerprint density at radius 2 is 2.19 bits per heavy atom. The van der Waals surface area contributed by atoms with Gasteiger partial charge in [-0.3, -0.25) is 9.59 Å². The van der Waals surface area contributed by atoms with E-state index >= 15 is 0 Å². The number of nitrogens with zero attached hydrogens (tertiary/aromatic N) is 1. The number of carbonyl (C=O) groups is 2. The van der Waals surface area contributed by atoms with Crippen molar-refractivity contribution in [2.24, 2.45) is 0 Å². The second-order valence-corrected chi connectivity index (χ2v) is 5.22. The normalized spacial score (nSPS) is 18.5. The van der Waals surface area contributed by atoms with E-state index in [0.717, 1.165) is 18.5 Å². The average molecular weight is 289 g/mol. The maximum atomic E-state index is 12.8. The van der Waals surface area contributed by atoms with Gasteiger partial charge in [0, 0.05) is 18.7 Å². The minimum absolute atomic E-state index is 0.0385. The van der Waals surface area contributed by atoms with E-state index in [1.807, 2.05) is 38.2 Å². The third kappa shape index (κ3) is 3.42. The summed E-state index contributed by atoms with van der Waals surface area (Å²) in [5.41, 5.74) is 1.73. The van der Waals surface area contributed by atoms with Gasteiger partial charge in [-0.2, -0.15) is 0 Å². The molecule has 5 nitrogen and oxygen atoms in total. The summed E-state index contributed by atoms with van der Waals surface area (Å²) >= 11 is 0. The first kappa shape index (κ1) is 15.5. The molecule has 2 amide bonds. The zero-order valence-electron chi connectivity index (χ0n) is 12.7. The van der Waals surface area contributed by atoms with Gasteiger partial charge < -0.3 is 15.5 Å². The number of benzene rings is 1. The Kier molecular flexibility index (Phi) is 5.33. The molecule has 0 saturated carbocycles. The van der Waals surface area contributed by atoms with Crippen molar-refractivity contribution in [2.45, 2.75) is 25.8 Å². The zero-order valence-corrected chi connectivity index (χ0v) is 12.7. The van der Waals surface area contributed by atoms with Gasteiger partial charge in [0.2, 0.25) is 5.91 Å². The van der Waals surface area contributed by atoms with Crippen molar-refractivity contribution in [2.75, 3.05) is 26.7 Å². The van der Waals surface area contributed by atoms with Gasteiger partial charge in [0.05, 0.1) is 0 Å². The van der Waals surface area contributed by atoms with E-state index in [-0.39, 0.29) is 17.9 Å². The van der Waals surface area contributed by atoms with Crippen LogP contribution in [-0.2, 0) is 11.2 Å². The Bertz CT molecular complexity index is 516. The molecule has 0 radical (unpaired) electrons. The Morgan fingerprint density at radius 1 is 1.43 bits per heavy atom. The average Bonchev–Trinajstić information content (AvgIpc) is 2.52. The number of carbonyl (C=O) groups excluding carboxylic acids is 2. The summed E-state index contributed by atoms with van der Waals surface area (Å²) in [4.78, 5) is 26.4. The number of nitrogens with one attached hydrogen (secondary N) is 2. The number of rotatable bonds is 5. The monoisotopic (exact) mass is 289 g/mol. The Hall–Kier alpha value is -1.88. The highest BCUT2D eigenvalue weighted by atomic mass is 16.2. The summed E-state index contributed by atoms with van der Waals surface area (Å²) in [6.07, 6.45) is 1.44. The van der Waals surface area contributed by atoms with Crippen LogP contribution in [0.25, 0.3) is 0 Å². The van der Waals surface area contributed by atoms with Gasteiger partial charge in [0.15, 0.2) is 0 Å². The summed E-state index contributed by atoms with van der Waals surface area (Å²) in [5, 5.41) is 5.93. The maximum absolute atomic E-state index is 12.8. The van der Waals surface area contributed by atoms with E-state index in [0.29, 0.717) is 25.1 Å². The number of hydrogen-bond donors (Lipinski definition) is 2. The second kappa shape index (κ2) is 7.22. The Balaban J connectivity index is 2.24. The van der Waals surface area contributed by atoms with E-state index in [9.17, 15) is 9.59 Å². The SMILES string of the molecule is CCC1C(=O)NCCN1C(=O)c1ccccc1CCNC. The molecule has 1 aromatic rings. The first-order valence-electron chi connectivity index (χ1n) is 7.50. The molecule has 114 valence electrons. The fourth-order valence-electron chi connectivity index (χ4n) is 2.72. The molecule has 0 bridgehead atoms. The lowest BCUT2D eigenvalue weighted by atomic mass is 10.0. The highest BCUT2D eigenvalue weighted by Crippen LogP contribution is 2.17. The zero-order chi connectivity index (χ0) is 15.2. The summed E-state index contributed by atoms with van der Waals surface area (Å²) in [7, 11) is 1.90. The molecular weight excluding hydrogens is 266 g/mol. The first-order valence-corrected chi connectivity index (χ1v) is 7.50. The van der Waals surface area contributed by atoms with Crippen LogP contribution >= 0.6 is 0 Å². The second-order valence-electron chi connectivity index (χ2n) is 5.22. The molecule has 1 saturated heterocycles. The molecule has 2 rings (SSSR count). The molecule has 1 aliphatic heterocycles. The van der Waals surface area contributed by atoms with Crippen LogP contribution in [0, 0.1) is 0 Å². The lowest BCUT2D eigenvalue weighted by molar-refractivity contribution is -0.127. The first-order chi connectivity index (χ1) is 10.2. The largest absolute Gasteiger partial charge is 0.353 e. The summed E-state index contributed by atoms with van der Waals surface area (Å²) < 4.78 is 0. The number of likely N-dealkylation sites (N-methyl/N-ethyl adjacent to an activating group) is 1. The van der Waals surface area contributed by atoms with Crippen molar-refractivity contribution >= 4 is 11.8 Å². The van der Waals surface area contributed by atoms with E-state index in [1.165, 1.54) is 0 Å². The number of piperazine rings is 1. The van der Waals surface area contributed by atoms with Crippen molar-refractivity contribution in [3.63, 3.8) is 0 Å². The van der Waals surface area contributed by atoms with Gasteiger partial charge in [0.25, 0.3) is 5.91 Å². The van der Waals surface area contributed by atoms with Crippen molar-refractivity contribution in [1.29, 1.82) is 0 Å². The predicted octanol–water partition coefficient (Wildman–Crippen LogP) is 0.799. The van der Waals surface area contributed by atoms with Crippen molar-refractivity contribution in [3.05, 3.63) is 35.4 Å². The van der Waals surface area contributed by atoms with Crippen molar-refractivity contribution in [1.82, 2.24) is 15.5 Å². The van der Waals surface area contributed by atoms with Crippen LogP contribution in [0.1, 0.15) is 29.3 Å². The molecule has 1 aliphatic rings. The van der Waals surface area contributed by atoms with E-state index < -0.39 is 0 Å². The fraction of sp³-hybridized carbons (Fsp3) is 0.500. The van der Waals surface area contributed by atoms with Crippen LogP contribution in [0.3, 0.4) is 0 Å². The molecule has 0 aromatic heterocycles. The van der Waals surface area contributed by atoms with Gasteiger partial charge in [-0.1, -0.05) is 25.1 Å². The molecule has 2 N–H and O–H groups in total. The van der Waals surface area contributed by atoms with E-state index in [4.69, 9.17) is 0 Å². The van der Waals surface area contributed by atoms with Gasteiger partial charge in [-0.25, -0.2) is 0 Å². The van der Waals surface area contributed by atoms with Gasteiger partial charge in [-0.05, 0) is 38.1 Å². The molecule has 1 heterocycles. The summed E-state index contributed by atoms with van der Waals surface area (Å²) in [6.45, 7) is 3.86. The van der Waals surface area contributed by atoms with Crippen LogP contribution in [0.2, 0.25) is 0 Å². The summed E-state index contributed by atoms with van der Waals surface area (Å²) in [5.74, 6) is -0.0896. The third-order valence-electron chi connectivity index (χ3n) is 3.87. The molecule has 0 spiro atoms. The Morgan fingerprint density at radius 3 is 2.90 bits per heavy atom. The quantitative estimate of drug-likeness (QED) is 0.843. The van der Waals surface area contributed by atoms with Crippen LogP contribution < -0.4 is 10.6 Å². The van der Waals surface area contributed by atoms with E-state index in [2.05, 4.69) is 10.6 Å². The van der Waals surface area contributed by atoms with Crippen LogP contribution in [0.15, 0.2) is 24.3 Å². The topological polar surface area (TPSA) is 61.4 Å². The molecular formula is C16H23N3O2. The highest BCUT2D eigenvalue weighted by molar-refractivity contribution is 5.99. The maximum Gasteiger partial charge on any atom is 0.254 e. The Labute approximate surface area is 125 Å². The van der Waals surface area contributed by atoms with Crippen molar-refractivity contribution in [3.8, 4) is 0 Å². The lowest BCUT2D eigenvalue weighted by Crippen LogP contribution is -2.57. The molecule has 1 fully saturated rings. The van der Waals surface area contributed by atoms with Crippen LogP contribution in [0.5, 0.6) is 0 Å². The molecule has 5 heteroatoms. The molecule has 1 aromatic carbocycles. The molecule has 0 aliphatic carbocycles. The molecule has 1 atom stereocenters. The minimum atomic E-state index is -0.358. The van der Waals surface area contributed by atoms with Gasteiger partial charge >= 0.3 is 0 Å². The lowest BCUT2D eigenvalue weighted by Gasteiger charge is -2.35. The summed E-state index contributed by atoms with van der Waals surface area (Å²) in [6, 6.07) is 7.30. The predicted molar refractivity (Wildman–Crippen MR) is 82.2 cm³/mol. The smallest absolute Gasteiger partial charge is 0.254 e. The minimum Gasteiger partial charge on any atom is -0.353 e. The van der Waals surface area contributed by atoms with Crippen LogP contribution in [-0.4, -0.2) is 49.4 Å². The highest BCUT2D eigenvalue weighted by Gasteiger charge is 2.32.